The van der Waals surface area contributed by atoms with Crippen molar-refractivity contribution in [3.05, 3.63) is 122 Å². The van der Waals surface area contributed by atoms with Gasteiger partial charge in [-0.05, 0) is 64.2 Å². The highest BCUT2D eigenvalue weighted by Crippen LogP contribution is 2.16. The number of nitrogens with one attached hydrogen (secondary N) is 1. The first kappa shape index (κ1) is 57.3. The first-order chi connectivity index (χ1) is 30.0. The highest BCUT2D eigenvalue weighted by Gasteiger charge is 2.24. The SMILES string of the molecule is CC/C=C/C=C/C=C\C=C/C=C/CCCCCC(=O)OC(CCCCC/C=C/C=C/C=C/C=C/C=C/CCC)CC(=O)NC(CO)C(O)CCCCCCCCCCCCC. The summed E-state index contributed by atoms with van der Waals surface area (Å²) >= 11 is 0. The zero-order valence-corrected chi connectivity index (χ0v) is 39.0. The van der Waals surface area contributed by atoms with Crippen LogP contribution in [-0.4, -0.2) is 46.9 Å². The van der Waals surface area contributed by atoms with Crippen LogP contribution in [0.5, 0.6) is 0 Å². The molecule has 61 heavy (non-hydrogen) atoms. The maximum absolute atomic E-state index is 13.2. The quantitative estimate of drug-likeness (QED) is 0.0324. The summed E-state index contributed by atoms with van der Waals surface area (Å²) in [6, 6.07) is -0.733. The van der Waals surface area contributed by atoms with Gasteiger partial charge < -0.3 is 20.3 Å². The van der Waals surface area contributed by atoms with Crippen molar-refractivity contribution in [2.24, 2.45) is 0 Å². The lowest BCUT2D eigenvalue weighted by atomic mass is 10.0. The molecule has 3 atom stereocenters. The topological polar surface area (TPSA) is 95.9 Å². The molecule has 0 aliphatic heterocycles. The Morgan fingerprint density at radius 3 is 1.41 bits per heavy atom. The van der Waals surface area contributed by atoms with Crippen molar-refractivity contribution in [3.63, 3.8) is 0 Å². The Labute approximate surface area is 374 Å². The van der Waals surface area contributed by atoms with Gasteiger partial charge in [-0.25, -0.2) is 0 Å². The van der Waals surface area contributed by atoms with E-state index in [9.17, 15) is 19.8 Å². The third-order valence-corrected chi connectivity index (χ3v) is 10.3. The average Bonchev–Trinajstić information content (AvgIpc) is 3.25. The molecule has 0 heterocycles. The molecule has 344 valence electrons. The van der Waals surface area contributed by atoms with Gasteiger partial charge in [0, 0.05) is 6.42 Å². The molecule has 3 unspecified atom stereocenters. The van der Waals surface area contributed by atoms with Crippen LogP contribution in [0.4, 0.5) is 0 Å². The van der Waals surface area contributed by atoms with Crippen LogP contribution in [0.2, 0.25) is 0 Å². The molecule has 0 fully saturated rings. The van der Waals surface area contributed by atoms with Crippen LogP contribution in [0.25, 0.3) is 0 Å². The molecule has 6 nitrogen and oxygen atoms in total. The summed E-state index contributed by atoms with van der Waals surface area (Å²) < 4.78 is 5.88. The van der Waals surface area contributed by atoms with E-state index in [1.807, 2.05) is 85.1 Å². The summed E-state index contributed by atoms with van der Waals surface area (Å²) in [6.45, 7) is 6.20. The number of rotatable bonds is 41. The molecule has 0 aromatic rings. The van der Waals surface area contributed by atoms with Crippen molar-refractivity contribution in [3.8, 4) is 0 Å². The number of allylic oxidation sites excluding steroid dienone is 20. The van der Waals surface area contributed by atoms with Gasteiger partial charge in [0.25, 0.3) is 0 Å². The van der Waals surface area contributed by atoms with E-state index in [0.29, 0.717) is 19.3 Å². The van der Waals surface area contributed by atoms with Crippen LogP contribution in [0.3, 0.4) is 0 Å². The summed E-state index contributed by atoms with van der Waals surface area (Å²) in [5, 5.41) is 23.7. The molecule has 0 radical (unpaired) electrons. The second-order valence-corrected chi connectivity index (χ2v) is 16.0. The first-order valence-corrected chi connectivity index (χ1v) is 24.4. The minimum atomic E-state index is -0.815. The number of hydrogen-bond donors (Lipinski definition) is 3. The van der Waals surface area contributed by atoms with Gasteiger partial charge in [0.1, 0.15) is 6.10 Å². The molecule has 0 aromatic carbocycles. The number of carbonyl (C=O) groups is 2. The van der Waals surface area contributed by atoms with Gasteiger partial charge >= 0.3 is 5.97 Å². The molecule has 1 amide bonds. The molecule has 0 aliphatic rings. The monoisotopic (exact) mass is 844 g/mol. The molecule has 0 saturated carbocycles. The molecular weight excluding hydrogens is 755 g/mol. The highest BCUT2D eigenvalue weighted by atomic mass is 16.5. The fourth-order valence-corrected chi connectivity index (χ4v) is 6.60. The zero-order chi connectivity index (χ0) is 44.5. The molecule has 0 spiro atoms. The van der Waals surface area contributed by atoms with Crippen molar-refractivity contribution in [2.75, 3.05) is 6.61 Å². The van der Waals surface area contributed by atoms with Gasteiger partial charge in [-0.2, -0.15) is 0 Å². The van der Waals surface area contributed by atoms with Crippen LogP contribution in [-0.2, 0) is 14.3 Å². The van der Waals surface area contributed by atoms with Crippen molar-refractivity contribution in [1.29, 1.82) is 0 Å². The van der Waals surface area contributed by atoms with E-state index in [0.717, 1.165) is 89.9 Å². The summed E-state index contributed by atoms with van der Waals surface area (Å²) in [5.41, 5.74) is 0. The fourth-order valence-electron chi connectivity index (χ4n) is 6.60. The number of carbonyl (C=O) groups excluding carboxylic acids is 2. The second-order valence-electron chi connectivity index (χ2n) is 16.0. The van der Waals surface area contributed by atoms with Crippen LogP contribution in [0.1, 0.15) is 188 Å². The van der Waals surface area contributed by atoms with Gasteiger partial charge in [-0.3, -0.25) is 9.59 Å². The Morgan fingerprint density at radius 2 is 0.918 bits per heavy atom. The lowest BCUT2D eigenvalue weighted by molar-refractivity contribution is -0.151. The van der Waals surface area contributed by atoms with E-state index in [1.165, 1.54) is 51.4 Å². The van der Waals surface area contributed by atoms with Gasteiger partial charge in [0.05, 0.1) is 25.2 Å². The Balaban J connectivity index is 4.83. The van der Waals surface area contributed by atoms with Crippen molar-refractivity contribution in [2.45, 2.75) is 206 Å². The second kappa shape index (κ2) is 47.3. The number of ether oxygens (including phenoxy) is 1. The first-order valence-electron chi connectivity index (χ1n) is 24.4. The zero-order valence-electron chi connectivity index (χ0n) is 39.0. The van der Waals surface area contributed by atoms with E-state index < -0.39 is 18.2 Å². The maximum atomic E-state index is 13.2. The van der Waals surface area contributed by atoms with Gasteiger partial charge in [0.15, 0.2) is 0 Å². The summed E-state index contributed by atoms with van der Waals surface area (Å²) in [4.78, 5) is 26.1. The Kier molecular flexibility index (Phi) is 44.4. The van der Waals surface area contributed by atoms with E-state index in [1.54, 1.807) is 0 Å². The Morgan fingerprint density at radius 1 is 0.492 bits per heavy atom. The number of aliphatic hydroxyl groups is 2. The highest BCUT2D eigenvalue weighted by molar-refractivity contribution is 5.77. The molecule has 0 aromatic heterocycles. The molecule has 0 aliphatic carbocycles. The van der Waals surface area contributed by atoms with Gasteiger partial charge in [-0.15, -0.1) is 0 Å². The summed E-state index contributed by atoms with van der Waals surface area (Å²) in [5.74, 6) is -0.580. The number of amides is 1. The lowest BCUT2D eigenvalue weighted by Gasteiger charge is -2.24. The minimum absolute atomic E-state index is 0.0233. The maximum Gasteiger partial charge on any atom is 0.306 e. The molecule has 0 bridgehead atoms. The summed E-state index contributed by atoms with van der Waals surface area (Å²) in [6.07, 6.45) is 65.3. The predicted molar refractivity (Wildman–Crippen MR) is 263 cm³/mol. The van der Waals surface area contributed by atoms with Crippen molar-refractivity contribution < 1.29 is 24.5 Å². The predicted octanol–water partition coefficient (Wildman–Crippen LogP) is 14.5. The standard InChI is InChI=1S/C55H89NO5/c1-4-7-10-13-16-19-22-24-26-28-29-32-34-37-40-43-46-51(61-55(60)48-45-42-39-36-33-30-27-25-23-20-17-14-11-8-5-2)49-54(59)56-52(50-57)53(58)47-44-41-38-35-31-21-18-15-12-9-6-3/h8,10-11,13-14,16-17,19-20,22-30,32-33,51-53,57-58H,4-7,9,12,15,18,21,31,34-50H2,1-3H3,(H,56,59)/b11-8+,13-10+,17-14+,19-16+,23-20-,24-22+,27-25-,28-26+,32-29+,33-30+. The van der Waals surface area contributed by atoms with Crippen molar-refractivity contribution in [1.82, 2.24) is 5.32 Å². The third kappa shape index (κ3) is 42.7. The normalized spacial score (nSPS) is 14.4. The van der Waals surface area contributed by atoms with Crippen molar-refractivity contribution >= 4 is 11.9 Å². The lowest BCUT2D eigenvalue weighted by Crippen LogP contribution is -2.46. The van der Waals surface area contributed by atoms with Crippen LogP contribution >= 0.6 is 0 Å². The van der Waals surface area contributed by atoms with Crippen LogP contribution in [0.15, 0.2) is 122 Å². The molecule has 3 N–H and O–H groups in total. The summed E-state index contributed by atoms with van der Waals surface area (Å²) in [7, 11) is 0. The number of unbranched alkanes of at least 4 members (excludes halogenated alkanes) is 17. The van der Waals surface area contributed by atoms with E-state index in [2.05, 4.69) is 62.5 Å². The smallest absolute Gasteiger partial charge is 0.306 e. The third-order valence-electron chi connectivity index (χ3n) is 10.3. The number of esters is 1. The minimum Gasteiger partial charge on any atom is -0.462 e. The number of hydrogen-bond acceptors (Lipinski definition) is 5. The van der Waals surface area contributed by atoms with E-state index >= 15 is 0 Å². The molecular formula is C55H89NO5. The fraction of sp³-hybridized carbons (Fsp3) is 0.600. The average molecular weight is 844 g/mol. The Bertz CT molecular complexity index is 1310. The largest absolute Gasteiger partial charge is 0.462 e. The van der Waals surface area contributed by atoms with E-state index in [4.69, 9.17) is 4.74 Å². The van der Waals surface area contributed by atoms with Gasteiger partial charge in [-0.1, -0.05) is 232 Å². The van der Waals surface area contributed by atoms with Crippen LogP contribution in [0, 0.1) is 0 Å². The van der Waals surface area contributed by atoms with Crippen LogP contribution < -0.4 is 5.32 Å². The molecule has 0 saturated heterocycles. The Hall–Kier alpha value is -3.74. The molecule has 6 heteroatoms. The molecule has 0 rings (SSSR count). The van der Waals surface area contributed by atoms with E-state index in [-0.39, 0.29) is 24.9 Å². The van der Waals surface area contributed by atoms with Gasteiger partial charge in [0.2, 0.25) is 5.91 Å². The number of aliphatic hydroxyl groups excluding tert-OH is 2.